The van der Waals surface area contributed by atoms with Crippen molar-refractivity contribution in [1.29, 1.82) is 0 Å². The molecule has 0 aromatic carbocycles. The highest BCUT2D eigenvalue weighted by Gasteiger charge is 2.31. The van der Waals surface area contributed by atoms with Crippen molar-refractivity contribution in [1.82, 2.24) is 4.90 Å². The van der Waals surface area contributed by atoms with E-state index in [1.165, 1.54) is 0 Å². The minimum atomic E-state index is 0.00454. The number of amides is 1. The Kier molecular flexibility index (Phi) is 3.25. The van der Waals surface area contributed by atoms with E-state index < -0.39 is 0 Å². The summed E-state index contributed by atoms with van der Waals surface area (Å²) in [7, 11) is 0. The molecule has 0 spiro atoms. The van der Waals surface area contributed by atoms with Gasteiger partial charge in [0.1, 0.15) is 0 Å². The Morgan fingerprint density at radius 3 is 2.69 bits per heavy atom. The zero-order valence-electron chi connectivity index (χ0n) is 8.12. The third kappa shape index (κ3) is 2.18. The number of hydrogen-bond donors (Lipinski definition) is 1. The standard InChI is InChI=1S/C9H16N2OS/c1-6(2)9(12)11-5-3-4-7(11)8(10)13/h6-7H,3-5H2,1-2H3,(H2,10,13). The zero-order valence-corrected chi connectivity index (χ0v) is 8.93. The minimum Gasteiger partial charge on any atom is -0.392 e. The Labute approximate surface area is 84.3 Å². The maximum atomic E-state index is 11.7. The summed E-state index contributed by atoms with van der Waals surface area (Å²) >= 11 is 4.92. The molecule has 1 atom stereocenters. The van der Waals surface area contributed by atoms with Crippen molar-refractivity contribution >= 4 is 23.1 Å². The van der Waals surface area contributed by atoms with Gasteiger partial charge in [0.05, 0.1) is 11.0 Å². The van der Waals surface area contributed by atoms with Crippen LogP contribution in [-0.4, -0.2) is 28.4 Å². The first-order chi connectivity index (χ1) is 6.04. The van der Waals surface area contributed by atoms with E-state index in [9.17, 15) is 4.79 Å². The molecule has 3 nitrogen and oxygen atoms in total. The van der Waals surface area contributed by atoms with Crippen LogP contribution in [0.5, 0.6) is 0 Å². The fourth-order valence-corrected chi connectivity index (χ4v) is 1.90. The van der Waals surface area contributed by atoms with Crippen molar-refractivity contribution in [2.45, 2.75) is 32.7 Å². The maximum Gasteiger partial charge on any atom is 0.225 e. The van der Waals surface area contributed by atoms with Crippen LogP contribution in [0.3, 0.4) is 0 Å². The summed E-state index contributed by atoms with van der Waals surface area (Å²) in [5, 5.41) is 0. The molecule has 0 aromatic heterocycles. The molecule has 0 saturated carbocycles. The number of rotatable bonds is 2. The van der Waals surface area contributed by atoms with Crippen LogP contribution in [0.1, 0.15) is 26.7 Å². The average molecular weight is 200 g/mol. The van der Waals surface area contributed by atoms with Crippen molar-refractivity contribution in [3.05, 3.63) is 0 Å². The first-order valence-corrected chi connectivity index (χ1v) is 5.04. The summed E-state index contributed by atoms with van der Waals surface area (Å²) < 4.78 is 0. The fourth-order valence-electron chi connectivity index (χ4n) is 1.66. The van der Waals surface area contributed by atoms with Crippen molar-refractivity contribution in [3.8, 4) is 0 Å². The van der Waals surface area contributed by atoms with E-state index in [4.69, 9.17) is 18.0 Å². The van der Waals surface area contributed by atoms with Crippen molar-refractivity contribution in [3.63, 3.8) is 0 Å². The number of carbonyl (C=O) groups is 1. The quantitative estimate of drug-likeness (QED) is 0.674. The molecule has 1 aliphatic heterocycles. The average Bonchev–Trinajstić information content (AvgIpc) is 2.50. The molecule has 1 rings (SSSR count). The van der Waals surface area contributed by atoms with Gasteiger partial charge in [0, 0.05) is 12.5 Å². The Morgan fingerprint density at radius 2 is 2.23 bits per heavy atom. The van der Waals surface area contributed by atoms with Crippen LogP contribution in [-0.2, 0) is 4.79 Å². The summed E-state index contributed by atoms with van der Waals surface area (Å²) in [5.41, 5.74) is 5.56. The summed E-state index contributed by atoms with van der Waals surface area (Å²) in [6.45, 7) is 4.60. The minimum absolute atomic E-state index is 0.00454. The van der Waals surface area contributed by atoms with Gasteiger partial charge in [-0.15, -0.1) is 0 Å². The largest absolute Gasteiger partial charge is 0.392 e. The Bertz CT molecular complexity index is 228. The Morgan fingerprint density at radius 1 is 1.62 bits per heavy atom. The van der Waals surface area contributed by atoms with Gasteiger partial charge in [0.15, 0.2) is 0 Å². The van der Waals surface area contributed by atoms with Gasteiger partial charge in [-0.25, -0.2) is 0 Å². The van der Waals surface area contributed by atoms with E-state index in [-0.39, 0.29) is 17.9 Å². The van der Waals surface area contributed by atoms with Crippen LogP contribution < -0.4 is 5.73 Å². The van der Waals surface area contributed by atoms with Crippen molar-refractivity contribution in [2.24, 2.45) is 11.7 Å². The molecule has 1 saturated heterocycles. The fraction of sp³-hybridized carbons (Fsp3) is 0.778. The molecule has 1 aliphatic rings. The van der Waals surface area contributed by atoms with Gasteiger partial charge in [0.2, 0.25) is 5.91 Å². The first kappa shape index (κ1) is 10.4. The Balaban J connectivity index is 2.68. The second kappa shape index (κ2) is 4.05. The summed E-state index contributed by atoms with van der Waals surface area (Å²) in [4.78, 5) is 13.9. The van der Waals surface area contributed by atoms with E-state index in [1.807, 2.05) is 18.7 Å². The molecule has 0 bridgehead atoms. The lowest BCUT2D eigenvalue weighted by molar-refractivity contribution is -0.134. The number of carbonyl (C=O) groups excluding carboxylic acids is 1. The van der Waals surface area contributed by atoms with E-state index in [2.05, 4.69) is 0 Å². The third-order valence-corrected chi connectivity index (χ3v) is 2.63. The predicted octanol–water partition coefficient (Wildman–Crippen LogP) is 0.920. The highest BCUT2D eigenvalue weighted by molar-refractivity contribution is 7.80. The number of nitrogens with two attached hydrogens (primary N) is 1. The smallest absolute Gasteiger partial charge is 0.225 e. The van der Waals surface area contributed by atoms with E-state index in [0.29, 0.717) is 4.99 Å². The van der Waals surface area contributed by atoms with Gasteiger partial charge in [-0.05, 0) is 12.8 Å². The second-order valence-corrected chi connectivity index (χ2v) is 4.22. The van der Waals surface area contributed by atoms with E-state index >= 15 is 0 Å². The molecule has 13 heavy (non-hydrogen) atoms. The second-order valence-electron chi connectivity index (χ2n) is 3.75. The molecule has 2 N–H and O–H groups in total. The highest BCUT2D eigenvalue weighted by atomic mass is 32.1. The molecular formula is C9H16N2OS. The molecule has 0 aliphatic carbocycles. The number of nitrogens with zero attached hydrogens (tertiary/aromatic N) is 1. The van der Waals surface area contributed by atoms with Crippen LogP contribution >= 0.6 is 12.2 Å². The van der Waals surface area contributed by atoms with Crippen LogP contribution in [0, 0.1) is 5.92 Å². The molecule has 1 heterocycles. The van der Waals surface area contributed by atoms with Crippen LogP contribution in [0.4, 0.5) is 0 Å². The predicted molar refractivity (Wildman–Crippen MR) is 56.4 cm³/mol. The first-order valence-electron chi connectivity index (χ1n) is 4.64. The molecule has 0 aromatic rings. The number of likely N-dealkylation sites (tertiary alicyclic amines) is 1. The molecular weight excluding hydrogens is 184 g/mol. The van der Waals surface area contributed by atoms with Crippen LogP contribution in [0.15, 0.2) is 0 Å². The van der Waals surface area contributed by atoms with E-state index in [0.717, 1.165) is 19.4 Å². The molecule has 74 valence electrons. The maximum absolute atomic E-state index is 11.7. The highest BCUT2D eigenvalue weighted by Crippen LogP contribution is 2.19. The molecule has 0 radical (unpaired) electrons. The zero-order chi connectivity index (χ0) is 10.0. The summed E-state index contributed by atoms with van der Waals surface area (Å²) in [6, 6.07) is 0.00454. The molecule has 1 unspecified atom stereocenters. The lowest BCUT2D eigenvalue weighted by Gasteiger charge is -2.25. The van der Waals surface area contributed by atoms with Gasteiger partial charge >= 0.3 is 0 Å². The van der Waals surface area contributed by atoms with Gasteiger partial charge in [-0.1, -0.05) is 26.1 Å². The van der Waals surface area contributed by atoms with Gasteiger partial charge in [-0.2, -0.15) is 0 Å². The molecule has 4 heteroatoms. The van der Waals surface area contributed by atoms with Gasteiger partial charge in [-0.3, -0.25) is 4.79 Å². The summed E-state index contributed by atoms with van der Waals surface area (Å²) in [5.74, 6) is 0.199. The third-order valence-electron chi connectivity index (χ3n) is 2.36. The summed E-state index contributed by atoms with van der Waals surface area (Å²) in [6.07, 6.45) is 1.94. The van der Waals surface area contributed by atoms with Gasteiger partial charge < -0.3 is 10.6 Å². The lowest BCUT2D eigenvalue weighted by atomic mass is 10.1. The van der Waals surface area contributed by atoms with Crippen molar-refractivity contribution in [2.75, 3.05) is 6.54 Å². The SMILES string of the molecule is CC(C)C(=O)N1CCCC1C(N)=S. The van der Waals surface area contributed by atoms with Crippen LogP contribution in [0.2, 0.25) is 0 Å². The van der Waals surface area contributed by atoms with Crippen molar-refractivity contribution < 1.29 is 4.79 Å². The molecule has 1 amide bonds. The number of hydrogen-bond acceptors (Lipinski definition) is 2. The number of thiocarbonyl (C=S) groups is 1. The monoisotopic (exact) mass is 200 g/mol. The normalized spacial score (nSPS) is 22.4. The van der Waals surface area contributed by atoms with Crippen LogP contribution in [0.25, 0.3) is 0 Å². The topological polar surface area (TPSA) is 46.3 Å². The van der Waals surface area contributed by atoms with Gasteiger partial charge in [0.25, 0.3) is 0 Å². The molecule has 1 fully saturated rings. The lowest BCUT2D eigenvalue weighted by Crippen LogP contribution is -2.44. The van der Waals surface area contributed by atoms with E-state index in [1.54, 1.807) is 0 Å². The Hall–Kier alpha value is -0.640.